The molecule has 0 radical (unpaired) electrons. The second-order valence-electron chi connectivity index (χ2n) is 4.58. The Labute approximate surface area is 102 Å². The lowest BCUT2D eigenvalue weighted by Crippen LogP contribution is -2.20. The average Bonchev–Trinajstić information content (AvgIpc) is 2.13. The molecule has 6 heteroatoms. The van der Waals surface area contributed by atoms with Crippen molar-refractivity contribution in [3.63, 3.8) is 0 Å². The summed E-state index contributed by atoms with van der Waals surface area (Å²) in [6.45, 7) is 5.02. The molecule has 0 amide bonds. The monoisotopic (exact) mass is 262 g/mol. The molecule has 0 saturated carbocycles. The van der Waals surface area contributed by atoms with Gasteiger partial charge in [-0.3, -0.25) is 0 Å². The van der Waals surface area contributed by atoms with E-state index >= 15 is 0 Å². The molecule has 0 unspecified atom stereocenters. The first-order valence-corrected chi connectivity index (χ1v) is 5.13. The molecule has 1 heterocycles. The number of rotatable bonds is 0. The summed E-state index contributed by atoms with van der Waals surface area (Å²) in [5.74, 6) is 0. The van der Waals surface area contributed by atoms with Gasteiger partial charge >= 0.3 is 6.18 Å². The molecule has 2 nitrogen and oxygen atoms in total. The number of nitrogens with zero attached hydrogens (tertiary/aromatic N) is 2. The first kappa shape index (κ1) is 13.8. The number of halogens is 4. The minimum absolute atomic E-state index is 0.0554. The summed E-state index contributed by atoms with van der Waals surface area (Å²) >= 11 is 5.57. The Balaban J connectivity index is 3.66. The van der Waals surface area contributed by atoms with Crippen LogP contribution in [0.5, 0.6) is 0 Å². The van der Waals surface area contributed by atoms with Gasteiger partial charge in [-0.05, 0) is 6.07 Å². The summed E-state index contributed by atoms with van der Waals surface area (Å²) in [7, 11) is 0. The van der Waals surface area contributed by atoms with Gasteiger partial charge in [0.05, 0.1) is 16.8 Å². The highest BCUT2D eigenvalue weighted by atomic mass is 35.5. The summed E-state index contributed by atoms with van der Waals surface area (Å²) in [5, 5.41) is 8.62. The van der Waals surface area contributed by atoms with Gasteiger partial charge in [-0.2, -0.15) is 18.4 Å². The SMILES string of the molecule is CC(C)(C)c1nc(Cl)cc(C(F)(F)F)c1C#N. The van der Waals surface area contributed by atoms with Crippen LogP contribution in [-0.4, -0.2) is 4.98 Å². The third kappa shape index (κ3) is 2.89. The molecule has 0 aromatic carbocycles. The summed E-state index contributed by atoms with van der Waals surface area (Å²) in [6, 6.07) is 2.24. The van der Waals surface area contributed by atoms with E-state index in [-0.39, 0.29) is 10.8 Å². The van der Waals surface area contributed by atoms with Gasteiger partial charge in [0.25, 0.3) is 0 Å². The van der Waals surface area contributed by atoms with Crippen molar-refractivity contribution in [3.05, 3.63) is 28.0 Å². The molecular weight excluding hydrogens is 253 g/mol. The largest absolute Gasteiger partial charge is 0.417 e. The van der Waals surface area contributed by atoms with Crippen LogP contribution in [0.25, 0.3) is 0 Å². The lowest BCUT2D eigenvalue weighted by Gasteiger charge is -2.21. The molecule has 1 aromatic heterocycles. The number of aromatic nitrogens is 1. The van der Waals surface area contributed by atoms with Crippen LogP contribution in [0.1, 0.15) is 37.6 Å². The third-order valence-electron chi connectivity index (χ3n) is 2.12. The van der Waals surface area contributed by atoms with Gasteiger partial charge in [-0.15, -0.1) is 0 Å². The normalized spacial score (nSPS) is 12.4. The molecule has 0 N–H and O–H groups in total. The van der Waals surface area contributed by atoms with Crippen LogP contribution in [0.3, 0.4) is 0 Å². The van der Waals surface area contributed by atoms with Gasteiger partial charge in [0.15, 0.2) is 0 Å². The molecule has 92 valence electrons. The van der Waals surface area contributed by atoms with Gasteiger partial charge in [0.1, 0.15) is 11.2 Å². The van der Waals surface area contributed by atoms with Gasteiger partial charge in [-0.25, -0.2) is 4.98 Å². The van der Waals surface area contributed by atoms with E-state index in [1.165, 1.54) is 0 Å². The van der Waals surface area contributed by atoms with Gasteiger partial charge in [0.2, 0.25) is 0 Å². The van der Waals surface area contributed by atoms with Crippen LogP contribution >= 0.6 is 11.6 Å². The van der Waals surface area contributed by atoms with Crippen LogP contribution in [0.4, 0.5) is 13.2 Å². The van der Waals surface area contributed by atoms with Crippen molar-refractivity contribution in [2.24, 2.45) is 0 Å². The van der Waals surface area contributed by atoms with Crippen molar-refractivity contribution in [1.29, 1.82) is 5.26 Å². The standard InChI is InChI=1S/C11H10ClF3N2/c1-10(2,3)9-6(5-16)7(11(13,14)15)4-8(12)17-9/h4H,1-3H3. The highest BCUT2D eigenvalue weighted by molar-refractivity contribution is 6.29. The summed E-state index contributed by atoms with van der Waals surface area (Å²) in [6.07, 6.45) is -4.61. The van der Waals surface area contributed by atoms with E-state index in [0.717, 1.165) is 0 Å². The fourth-order valence-corrected chi connectivity index (χ4v) is 1.59. The first-order chi connectivity index (χ1) is 7.57. The molecule has 1 aromatic rings. The number of alkyl halides is 3. The van der Waals surface area contributed by atoms with Crippen molar-refractivity contribution in [1.82, 2.24) is 4.98 Å². The molecule has 0 aliphatic rings. The maximum Gasteiger partial charge on any atom is 0.417 e. The minimum Gasteiger partial charge on any atom is -0.239 e. The molecule has 0 aliphatic heterocycles. The van der Waals surface area contributed by atoms with Crippen LogP contribution in [0.2, 0.25) is 5.15 Å². The predicted molar refractivity (Wildman–Crippen MR) is 57.7 cm³/mol. The highest BCUT2D eigenvalue weighted by Crippen LogP contribution is 2.37. The minimum atomic E-state index is -4.61. The third-order valence-corrected chi connectivity index (χ3v) is 2.31. The quantitative estimate of drug-likeness (QED) is 0.665. The second-order valence-corrected chi connectivity index (χ2v) is 4.96. The van der Waals surface area contributed by atoms with E-state index in [4.69, 9.17) is 16.9 Å². The van der Waals surface area contributed by atoms with Gasteiger partial charge in [0, 0.05) is 5.41 Å². The number of nitriles is 1. The molecule has 0 fully saturated rings. The van der Waals surface area contributed by atoms with Gasteiger partial charge in [-0.1, -0.05) is 32.4 Å². The molecule has 0 atom stereocenters. The van der Waals surface area contributed by atoms with Crippen LogP contribution in [0.15, 0.2) is 6.07 Å². The first-order valence-electron chi connectivity index (χ1n) is 4.75. The van der Waals surface area contributed by atoms with Crippen molar-refractivity contribution in [3.8, 4) is 6.07 Å². The molecule has 0 spiro atoms. The van der Waals surface area contributed by atoms with E-state index < -0.39 is 22.7 Å². The lowest BCUT2D eigenvalue weighted by molar-refractivity contribution is -0.137. The fourth-order valence-electron chi connectivity index (χ4n) is 1.39. The lowest BCUT2D eigenvalue weighted by atomic mass is 9.87. The average molecular weight is 263 g/mol. The molecule has 0 bridgehead atoms. The Bertz CT molecular complexity index is 446. The van der Waals surface area contributed by atoms with E-state index in [1.54, 1.807) is 26.8 Å². The highest BCUT2D eigenvalue weighted by Gasteiger charge is 2.37. The van der Waals surface area contributed by atoms with Crippen LogP contribution in [0, 0.1) is 11.3 Å². The Kier molecular flexibility index (Phi) is 3.40. The zero-order valence-electron chi connectivity index (χ0n) is 9.48. The molecule has 1 rings (SSSR count). The fraction of sp³-hybridized carbons (Fsp3) is 0.455. The van der Waals surface area contributed by atoms with E-state index in [9.17, 15) is 13.2 Å². The topological polar surface area (TPSA) is 36.7 Å². The van der Waals surface area contributed by atoms with Crippen molar-refractivity contribution >= 4 is 11.6 Å². The van der Waals surface area contributed by atoms with Crippen molar-refractivity contribution in [2.75, 3.05) is 0 Å². The van der Waals surface area contributed by atoms with Gasteiger partial charge < -0.3 is 0 Å². The van der Waals surface area contributed by atoms with Crippen molar-refractivity contribution in [2.45, 2.75) is 32.4 Å². The molecule has 0 aliphatic carbocycles. The van der Waals surface area contributed by atoms with E-state index in [1.807, 2.05) is 0 Å². The van der Waals surface area contributed by atoms with E-state index in [2.05, 4.69) is 4.98 Å². The van der Waals surface area contributed by atoms with Crippen LogP contribution in [-0.2, 0) is 11.6 Å². The maximum atomic E-state index is 12.7. The number of hydrogen-bond acceptors (Lipinski definition) is 2. The smallest absolute Gasteiger partial charge is 0.239 e. The summed E-state index contributed by atoms with van der Waals surface area (Å²) < 4.78 is 38.2. The second kappa shape index (κ2) is 4.19. The number of hydrogen-bond donors (Lipinski definition) is 0. The van der Waals surface area contributed by atoms with Crippen LogP contribution < -0.4 is 0 Å². The Morgan fingerprint density at radius 2 is 1.82 bits per heavy atom. The summed E-state index contributed by atoms with van der Waals surface area (Å²) in [5.41, 5.74) is -2.13. The predicted octanol–water partition coefficient (Wildman–Crippen LogP) is 3.92. The maximum absolute atomic E-state index is 12.7. The number of pyridine rings is 1. The summed E-state index contributed by atoms with van der Waals surface area (Å²) in [4.78, 5) is 3.83. The van der Waals surface area contributed by atoms with Crippen molar-refractivity contribution < 1.29 is 13.2 Å². The Morgan fingerprint density at radius 3 is 2.18 bits per heavy atom. The molecule has 17 heavy (non-hydrogen) atoms. The Hall–Kier alpha value is -1.28. The molecular formula is C11H10ClF3N2. The zero-order valence-corrected chi connectivity index (χ0v) is 10.2. The Morgan fingerprint density at radius 1 is 1.29 bits per heavy atom. The van der Waals surface area contributed by atoms with E-state index in [0.29, 0.717) is 6.07 Å². The molecule has 0 saturated heterocycles. The zero-order chi connectivity index (χ0) is 13.4.